The minimum Gasteiger partial charge on any atom is -0.494 e. The number of hydrogen-bond donors (Lipinski definition) is 3. The van der Waals surface area contributed by atoms with Gasteiger partial charge < -0.3 is 14.6 Å². The predicted octanol–water partition coefficient (Wildman–Crippen LogP) is 4.17. The van der Waals surface area contributed by atoms with Crippen LogP contribution in [0.1, 0.15) is 29.5 Å². The SMILES string of the molecule is O=C(NNCc1cc(F)cc(F)c1)[C@]1(C/C=C/c2ccccc2)COC(c2ccc(OCCCO)cc2)=N1. The summed E-state index contributed by atoms with van der Waals surface area (Å²) in [5.74, 6) is -0.861. The van der Waals surface area contributed by atoms with E-state index in [4.69, 9.17) is 14.6 Å². The lowest BCUT2D eigenvalue weighted by molar-refractivity contribution is -0.127. The summed E-state index contributed by atoms with van der Waals surface area (Å²) < 4.78 is 38.4. The topological polar surface area (TPSA) is 92.2 Å². The smallest absolute Gasteiger partial charge is 0.266 e. The molecular formula is C29H29F2N3O4. The van der Waals surface area contributed by atoms with Gasteiger partial charge in [-0.1, -0.05) is 42.5 Å². The predicted molar refractivity (Wildman–Crippen MR) is 140 cm³/mol. The molecule has 0 fully saturated rings. The van der Waals surface area contributed by atoms with E-state index >= 15 is 0 Å². The van der Waals surface area contributed by atoms with Crippen LogP contribution in [-0.4, -0.2) is 42.3 Å². The van der Waals surface area contributed by atoms with Crippen LogP contribution in [0.2, 0.25) is 0 Å². The molecule has 9 heteroatoms. The molecule has 1 aliphatic heterocycles. The number of aliphatic imine (C=N–C) groups is 1. The Morgan fingerprint density at radius 1 is 1.08 bits per heavy atom. The van der Waals surface area contributed by atoms with Gasteiger partial charge in [0.05, 0.1) is 6.61 Å². The Balaban J connectivity index is 1.48. The molecule has 0 spiro atoms. The number of carbonyl (C=O) groups excluding carboxylic acids is 1. The number of aliphatic hydroxyl groups excluding tert-OH is 1. The van der Waals surface area contributed by atoms with Crippen LogP contribution >= 0.6 is 0 Å². The first-order valence-corrected chi connectivity index (χ1v) is 12.2. The Hall–Kier alpha value is -4.08. The Bertz CT molecular complexity index is 1260. The fraction of sp³-hybridized carbons (Fsp3) is 0.241. The van der Waals surface area contributed by atoms with Gasteiger partial charge >= 0.3 is 0 Å². The zero-order valence-electron chi connectivity index (χ0n) is 20.7. The fourth-order valence-corrected chi connectivity index (χ4v) is 3.87. The van der Waals surface area contributed by atoms with Crippen molar-refractivity contribution in [2.45, 2.75) is 24.9 Å². The Morgan fingerprint density at radius 2 is 1.82 bits per heavy atom. The van der Waals surface area contributed by atoms with Gasteiger partial charge in [0.25, 0.3) is 5.91 Å². The van der Waals surface area contributed by atoms with E-state index in [2.05, 4.69) is 15.8 Å². The van der Waals surface area contributed by atoms with Crippen LogP contribution < -0.4 is 15.6 Å². The molecule has 0 bridgehead atoms. The first kappa shape index (κ1) is 27.0. The largest absolute Gasteiger partial charge is 0.494 e. The maximum Gasteiger partial charge on any atom is 0.266 e. The highest BCUT2D eigenvalue weighted by molar-refractivity contribution is 6.00. The van der Waals surface area contributed by atoms with Crippen molar-refractivity contribution in [3.63, 3.8) is 0 Å². The number of ether oxygens (including phenoxy) is 2. The zero-order chi connectivity index (χ0) is 26.8. The molecule has 3 aromatic rings. The second-order valence-corrected chi connectivity index (χ2v) is 8.79. The molecule has 0 radical (unpaired) electrons. The fourth-order valence-electron chi connectivity index (χ4n) is 3.87. The van der Waals surface area contributed by atoms with Crippen molar-refractivity contribution in [1.82, 2.24) is 10.9 Å². The number of amides is 1. The number of aliphatic hydroxyl groups is 1. The van der Waals surface area contributed by atoms with E-state index in [9.17, 15) is 13.6 Å². The van der Waals surface area contributed by atoms with Crippen LogP contribution in [0.25, 0.3) is 6.08 Å². The molecule has 1 heterocycles. The first-order chi connectivity index (χ1) is 18.5. The van der Waals surface area contributed by atoms with Gasteiger partial charge in [0.15, 0.2) is 5.54 Å². The maximum absolute atomic E-state index is 13.5. The third-order valence-electron chi connectivity index (χ3n) is 5.84. The number of halogens is 2. The zero-order valence-corrected chi connectivity index (χ0v) is 20.7. The standard InChI is InChI=1S/C29H29F2N3O4/c30-24-16-22(17-25(31)18-24)19-32-34-28(36)29(13-4-8-21-6-2-1-3-7-21)20-38-27(33-29)23-9-11-26(12-10-23)37-15-5-14-35/h1-4,6-12,16-18,32,35H,5,13-15,19-20H2,(H,34,36)/b8-4+/t29-/m0/s1. The molecule has 1 atom stereocenters. The highest BCUT2D eigenvalue weighted by Crippen LogP contribution is 2.27. The molecule has 0 saturated carbocycles. The van der Waals surface area contributed by atoms with Gasteiger partial charge in [-0.2, -0.15) is 0 Å². The highest BCUT2D eigenvalue weighted by atomic mass is 19.1. The summed E-state index contributed by atoms with van der Waals surface area (Å²) in [5, 5.41) is 8.90. The van der Waals surface area contributed by atoms with E-state index in [1.807, 2.05) is 42.5 Å². The molecule has 0 aromatic heterocycles. The van der Waals surface area contributed by atoms with E-state index in [0.29, 0.717) is 35.8 Å². The van der Waals surface area contributed by atoms with Crippen LogP contribution in [-0.2, 0) is 16.1 Å². The summed E-state index contributed by atoms with van der Waals surface area (Å²) in [6.45, 7) is 0.489. The second-order valence-electron chi connectivity index (χ2n) is 8.79. The average molecular weight is 522 g/mol. The molecule has 198 valence electrons. The second kappa shape index (κ2) is 12.9. The molecule has 1 amide bonds. The first-order valence-electron chi connectivity index (χ1n) is 12.2. The van der Waals surface area contributed by atoms with Crippen molar-refractivity contribution in [2.75, 3.05) is 19.8 Å². The maximum atomic E-state index is 13.5. The summed E-state index contributed by atoms with van der Waals surface area (Å²) in [7, 11) is 0. The van der Waals surface area contributed by atoms with Gasteiger partial charge in [-0.15, -0.1) is 0 Å². The Kier molecular flexibility index (Phi) is 9.18. The minimum atomic E-state index is -1.25. The lowest BCUT2D eigenvalue weighted by Crippen LogP contribution is -2.51. The Labute approximate surface area is 219 Å². The number of rotatable bonds is 12. The minimum absolute atomic E-state index is 0.0122. The number of carbonyl (C=O) groups is 1. The number of nitrogens with zero attached hydrogens (tertiary/aromatic N) is 1. The summed E-state index contributed by atoms with van der Waals surface area (Å²) in [4.78, 5) is 18.0. The van der Waals surface area contributed by atoms with Gasteiger partial charge in [0, 0.05) is 37.6 Å². The third-order valence-corrected chi connectivity index (χ3v) is 5.84. The molecule has 7 nitrogen and oxygen atoms in total. The van der Waals surface area contributed by atoms with E-state index in [1.54, 1.807) is 24.3 Å². The monoisotopic (exact) mass is 521 g/mol. The Morgan fingerprint density at radius 3 is 2.53 bits per heavy atom. The summed E-state index contributed by atoms with van der Waals surface area (Å²) in [5.41, 5.74) is 6.11. The molecule has 0 aliphatic carbocycles. The van der Waals surface area contributed by atoms with Crippen LogP contribution in [0.15, 0.2) is 83.9 Å². The van der Waals surface area contributed by atoms with Gasteiger partial charge in [-0.25, -0.2) is 19.2 Å². The van der Waals surface area contributed by atoms with E-state index < -0.39 is 23.1 Å². The molecule has 0 saturated heterocycles. The van der Waals surface area contributed by atoms with Crippen molar-refractivity contribution in [1.29, 1.82) is 0 Å². The molecule has 38 heavy (non-hydrogen) atoms. The summed E-state index contributed by atoms with van der Waals surface area (Å²) in [6.07, 6.45) is 4.57. The van der Waals surface area contributed by atoms with Crippen LogP contribution in [0, 0.1) is 11.6 Å². The highest BCUT2D eigenvalue weighted by Gasteiger charge is 2.43. The van der Waals surface area contributed by atoms with Crippen molar-refractivity contribution in [2.24, 2.45) is 4.99 Å². The van der Waals surface area contributed by atoms with Crippen LogP contribution in [0.3, 0.4) is 0 Å². The van der Waals surface area contributed by atoms with Crippen molar-refractivity contribution in [3.05, 3.63) is 107 Å². The van der Waals surface area contributed by atoms with Gasteiger partial charge in [0.1, 0.15) is 24.0 Å². The van der Waals surface area contributed by atoms with E-state index in [1.165, 1.54) is 12.1 Å². The molecule has 3 aromatic carbocycles. The van der Waals surface area contributed by atoms with Gasteiger partial charge in [-0.3, -0.25) is 10.2 Å². The summed E-state index contributed by atoms with van der Waals surface area (Å²) >= 11 is 0. The average Bonchev–Trinajstić information content (AvgIpc) is 3.35. The van der Waals surface area contributed by atoms with Gasteiger partial charge in [-0.05, 0) is 47.5 Å². The van der Waals surface area contributed by atoms with Crippen molar-refractivity contribution >= 4 is 17.9 Å². The normalized spacial score (nSPS) is 16.8. The van der Waals surface area contributed by atoms with E-state index in [-0.39, 0.29) is 26.2 Å². The van der Waals surface area contributed by atoms with Crippen LogP contribution in [0.4, 0.5) is 8.78 Å². The van der Waals surface area contributed by atoms with Crippen molar-refractivity contribution < 1.29 is 28.2 Å². The van der Waals surface area contributed by atoms with Crippen molar-refractivity contribution in [3.8, 4) is 5.75 Å². The molecule has 1 aliphatic rings. The van der Waals surface area contributed by atoms with Gasteiger partial charge in [0.2, 0.25) is 5.90 Å². The molecule has 3 N–H and O–H groups in total. The van der Waals surface area contributed by atoms with Crippen LogP contribution in [0.5, 0.6) is 5.75 Å². The number of benzene rings is 3. The quantitative estimate of drug-likeness (QED) is 0.246. The number of hydrogen-bond acceptors (Lipinski definition) is 6. The summed E-state index contributed by atoms with van der Waals surface area (Å²) in [6, 6.07) is 20.0. The van der Waals surface area contributed by atoms with E-state index in [0.717, 1.165) is 11.6 Å². The lowest BCUT2D eigenvalue weighted by Gasteiger charge is -2.22. The molecule has 4 rings (SSSR count). The molecule has 0 unspecified atom stereocenters. The lowest BCUT2D eigenvalue weighted by atomic mass is 9.95. The number of hydrazine groups is 1. The third kappa shape index (κ3) is 7.24. The number of nitrogens with one attached hydrogen (secondary N) is 2. The molecular weight excluding hydrogens is 492 g/mol.